The Morgan fingerprint density at radius 2 is 1.97 bits per heavy atom. The van der Waals surface area contributed by atoms with Gasteiger partial charge in [0.15, 0.2) is 0 Å². The van der Waals surface area contributed by atoms with E-state index in [9.17, 15) is 9.18 Å². The first-order valence-corrected chi connectivity index (χ1v) is 12.3. The number of fused-ring (bicyclic) bond motifs is 2. The first-order valence-electron chi connectivity index (χ1n) is 11.0. The summed E-state index contributed by atoms with van der Waals surface area (Å²) in [7, 11) is 0. The van der Waals surface area contributed by atoms with Crippen molar-refractivity contribution in [3.05, 3.63) is 29.9 Å². The van der Waals surface area contributed by atoms with Crippen LogP contribution in [0.4, 0.5) is 9.18 Å². The van der Waals surface area contributed by atoms with E-state index in [1.807, 2.05) is 34.0 Å². The van der Waals surface area contributed by atoms with Gasteiger partial charge >= 0.3 is 6.09 Å². The highest BCUT2D eigenvalue weighted by Gasteiger charge is 2.44. The molecule has 2 bridgehead atoms. The second kappa shape index (κ2) is 9.60. The molecule has 2 unspecified atom stereocenters. The van der Waals surface area contributed by atoms with E-state index in [2.05, 4.69) is 10.1 Å². The first kappa shape index (κ1) is 24.0. The maximum Gasteiger partial charge on any atom is 0.410 e. The van der Waals surface area contributed by atoms with E-state index in [1.54, 1.807) is 17.0 Å². The van der Waals surface area contributed by atoms with Gasteiger partial charge in [-0.15, -0.1) is 11.8 Å². The predicted molar refractivity (Wildman–Crippen MR) is 120 cm³/mol. The number of aromatic nitrogens is 2. The van der Waals surface area contributed by atoms with Gasteiger partial charge in [0, 0.05) is 35.4 Å². The van der Waals surface area contributed by atoms with Crippen LogP contribution in [0.25, 0.3) is 11.4 Å². The maximum atomic E-state index is 14.1. The van der Waals surface area contributed by atoms with Crippen LogP contribution in [0, 0.1) is 17.7 Å². The molecule has 180 valence electrons. The Balaban J connectivity index is 1.42. The van der Waals surface area contributed by atoms with Crippen molar-refractivity contribution in [2.45, 2.75) is 50.4 Å². The van der Waals surface area contributed by atoms with E-state index < -0.39 is 11.7 Å². The van der Waals surface area contributed by atoms with Gasteiger partial charge in [-0.05, 0) is 52.1 Å². The Hall–Kier alpha value is -2.17. The number of amides is 1. The lowest BCUT2D eigenvalue weighted by molar-refractivity contribution is -0.168. The molecule has 0 saturated carbocycles. The molecule has 0 aliphatic carbocycles. The molecule has 2 aliphatic heterocycles. The molecule has 33 heavy (non-hydrogen) atoms. The number of carbonyl (C=O) groups is 1. The lowest BCUT2D eigenvalue weighted by atomic mass is 9.84. The van der Waals surface area contributed by atoms with E-state index in [-0.39, 0.29) is 29.9 Å². The molecule has 0 N–H and O–H groups in total. The van der Waals surface area contributed by atoms with Gasteiger partial charge in [0.1, 0.15) is 17.5 Å². The zero-order valence-electron chi connectivity index (χ0n) is 19.5. The van der Waals surface area contributed by atoms with E-state index in [0.29, 0.717) is 48.5 Å². The minimum atomic E-state index is -0.543. The maximum absolute atomic E-state index is 14.1. The third-order valence-electron chi connectivity index (χ3n) is 5.72. The van der Waals surface area contributed by atoms with Crippen LogP contribution in [0.15, 0.2) is 27.6 Å². The van der Waals surface area contributed by atoms with Crippen LogP contribution in [0.2, 0.25) is 0 Å². The van der Waals surface area contributed by atoms with Crippen molar-refractivity contribution in [1.82, 2.24) is 15.0 Å². The summed E-state index contributed by atoms with van der Waals surface area (Å²) in [6.07, 6.45) is 0.943. The number of ether oxygens (including phenoxy) is 3. The fourth-order valence-electron chi connectivity index (χ4n) is 4.21. The summed E-state index contributed by atoms with van der Waals surface area (Å²) in [5, 5.41) is 4.01. The van der Waals surface area contributed by atoms with Crippen molar-refractivity contribution < 1.29 is 27.9 Å². The number of hydrogen-bond acceptors (Lipinski definition) is 8. The standard InChI is InChI=1S/C23H30FN3O5S/c1-13(21-25-20(26-32-21)14-6-7-18(33-5)17(24)8-14)30-19-15-9-27(10-16(19)12-29-11-15)22(28)31-23(2,3)4/h6-8,13,15-16,19H,9-12H2,1-5H3/t13-,15?,16?,19?/m1/s1. The molecule has 3 atom stereocenters. The summed E-state index contributed by atoms with van der Waals surface area (Å²) in [6.45, 7) is 9.43. The minimum absolute atomic E-state index is 0.0167. The van der Waals surface area contributed by atoms with E-state index in [1.165, 1.54) is 17.8 Å². The number of thioether (sulfide) groups is 1. The van der Waals surface area contributed by atoms with E-state index in [4.69, 9.17) is 18.7 Å². The quantitative estimate of drug-likeness (QED) is 0.577. The Bertz CT molecular complexity index is 981. The average molecular weight is 480 g/mol. The Morgan fingerprint density at radius 3 is 2.58 bits per heavy atom. The lowest BCUT2D eigenvalue weighted by Crippen LogP contribution is -2.58. The van der Waals surface area contributed by atoms with Crippen LogP contribution in [0.1, 0.15) is 39.7 Å². The zero-order valence-corrected chi connectivity index (χ0v) is 20.4. The van der Waals surface area contributed by atoms with Crippen LogP contribution in [-0.4, -0.2) is 65.4 Å². The molecule has 2 saturated heterocycles. The molecule has 0 spiro atoms. The van der Waals surface area contributed by atoms with Gasteiger partial charge in [0.2, 0.25) is 5.82 Å². The van der Waals surface area contributed by atoms with Crippen molar-refractivity contribution in [2.75, 3.05) is 32.6 Å². The van der Waals surface area contributed by atoms with Crippen molar-refractivity contribution in [1.29, 1.82) is 0 Å². The second-order valence-corrected chi connectivity index (χ2v) is 10.3. The fraction of sp³-hybridized carbons (Fsp3) is 0.609. The van der Waals surface area contributed by atoms with Gasteiger partial charge in [-0.3, -0.25) is 0 Å². The van der Waals surface area contributed by atoms with Crippen LogP contribution in [-0.2, 0) is 14.2 Å². The Morgan fingerprint density at radius 1 is 1.27 bits per heavy atom. The van der Waals surface area contributed by atoms with Crippen LogP contribution in [0.5, 0.6) is 0 Å². The summed E-state index contributed by atoms with van der Waals surface area (Å²) < 4.78 is 37.2. The molecule has 3 heterocycles. The highest BCUT2D eigenvalue weighted by Crippen LogP contribution is 2.34. The van der Waals surface area contributed by atoms with Crippen molar-refractivity contribution in [2.24, 2.45) is 11.8 Å². The van der Waals surface area contributed by atoms with Gasteiger partial charge < -0.3 is 23.6 Å². The molecule has 10 heteroatoms. The summed E-state index contributed by atoms with van der Waals surface area (Å²) in [6, 6.07) is 4.87. The molecular formula is C23H30FN3O5S. The first-order chi connectivity index (χ1) is 15.6. The summed E-state index contributed by atoms with van der Waals surface area (Å²) in [4.78, 5) is 19.3. The van der Waals surface area contributed by atoms with Gasteiger partial charge in [-0.25, -0.2) is 9.18 Å². The van der Waals surface area contributed by atoms with Crippen LogP contribution >= 0.6 is 11.8 Å². The third kappa shape index (κ3) is 5.50. The van der Waals surface area contributed by atoms with Gasteiger partial charge in [-0.1, -0.05) is 5.16 Å². The molecule has 2 aliphatic rings. The van der Waals surface area contributed by atoms with Crippen molar-refractivity contribution >= 4 is 17.9 Å². The number of nitrogens with zero attached hydrogens (tertiary/aromatic N) is 3. The van der Waals surface area contributed by atoms with E-state index in [0.717, 1.165) is 0 Å². The van der Waals surface area contributed by atoms with Crippen LogP contribution in [0.3, 0.4) is 0 Å². The number of benzene rings is 1. The van der Waals surface area contributed by atoms with Crippen molar-refractivity contribution in [3.8, 4) is 11.4 Å². The molecular weight excluding hydrogens is 449 g/mol. The molecule has 8 nitrogen and oxygen atoms in total. The number of piperidine rings is 1. The largest absolute Gasteiger partial charge is 0.444 e. The monoisotopic (exact) mass is 479 g/mol. The highest BCUT2D eigenvalue weighted by molar-refractivity contribution is 7.98. The number of carbonyl (C=O) groups excluding carboxylic acids is 1. The van der Waals surface area contributed by atoms with Crippen molar-refractivity contribution in [3.63, 3.8) is 0 Å². The fourth-order valence-corrected chi connectivity index (χ4v) is 4.67. The highest BCUT2D eigenvalue weighted by atomic mass is 32.2. The average Bonchev–Trinajstić information content (AvgIpc) is 3.22. The summed E-state index contributed by atoms with van der Waals surface area (Å²) in [5.74, 6) is 0.356. The molecule has 1 aromatic heterocycles. The number of likely N-dealkylation sites (tertiary alicyclic amines) is 1. The predicted octanol–water partition coefficient (Wildman–Crippen LogP) is 4.56. The Labute approximate surface area is 197 Å². The number of rotatable bonds is 5. The third-order valence-corrected chi connectivity index (χ3v) is 6.49. The SMILES string of the molecule is CSc1ccc(-c2noc([C@@H](C)OC3C4COCC3CN(C(=O)OC(C)(C)C)C4)n2)cc1F. The van der Waals surface area contributed by atoms with Gasteiger partial charge in [0.05, 0.1) is 19.3 Å². The number of hydrogen-bond donors (Lipinski definition) is 0. The lowest BCUT2D eigenvalue weighted by Gasteiger charge is -2.47. The summed E-state index contributed by atoms with van der Waals surface area (Å²) in [5.41, 5.74) is 0.00203. The van der Waals surface area contributed by atoms with Gasteiger partial charge in [-0.2, -0.15) is 4.98 Å². The molecule has 1 amide bonds. The molecule has 4 rings (SSSR count). The Kier molecular flexibility index (Phi) is 6.97. The molecule has 0 radical (unpaired) electrons. The smallest absolute Gasteiger partial charge is 0.410 e. The normalized spacial score (nSPS) is 23.9. The molecule has 2 fully saturated rings. The zero-order chi connectivity index (χ0) is 23.8. The second-order valence-electron chi connectivity index (χ2n) is 9.49. The molecule has 1 aromatic carbocycles. The topological polar surface area (TPSA) is 86.9 Å². The number of halogens is 1. The minimum Gasteiger partial charge on any atom is -0.444 e. The molecule has 2 aromatic rings. The van der Waals surface area contributed by atoms with E-state index >= 15 is 0 Å². The summed E-state index contributed by atoms with van der Waals surface area (Å²) >= 11 is 1.34. The van der Waals surface area contributed by atoms with Gasteiger partial charge in [0.25, 0.3) is 5.89 Å². The van der Waals surface area contributed by atoms with Crippen LogP contribution < -0.4 is 0 Å².